The van der Waals surface area contributed by atoms with Gasteiger partial charge in [-0.25, -0.2) is 0 Å². The Balaban J connectivity index is 2.70. The van der Waals surface area contributed by atoms with E-state index in [-0.39, 0.29) is 18.2 Å². The van der Waals surface area contributed by atoms with E-state index in [2.05, 4.69) is 19.2 Å². The highest BCUT2D eigenvalue weighted by Gasteiger charge is 2.18. The Bertz CT molecular complexity index is 489. The lowest BCUT2D eigenvalue weighted by atomic mass is 9.94. The van der Waals surface area contributed by atoms with Crippen LogP contribution in [0.1, 0.15) is 48.2 Å². The topological polar surface area (TPSA) is 66.4 Å². The van der Waals surface area contributed by atoms with Crippen LogP contribution < -0.4 is 5.32 Å². The number of hydrogen-bond acceptors (Lipinski definition) is 2. The van der Waals surface area contributed by atoms with Crippen molar-refractivity contribution in [2.75, 3.05) is 6.54 Å². The molecule has 1 unspecified atom stereocenters. The number of rotatable bonds is 7. The molecule has 0 aliphatic rings. The van der Waals surface area contributed by atoms with Crippen LogP contribution in [0.3, 0.4) is 0 Å². The lowest BCUT2D eigenvalue weighted by Crippen LogP contribution is -2.32. The zero-order chi connectivity index (χ0) is 16.0. The Morgan fingerprint density at radius 3 is 2.24 bits per heavy atom. The van der Waals surface area contributed by atoms with Crippen molar-refractivity contribution in [1.82, 2.24) is 5.32 Å². The van der Waals surface area contributed by atoms with E-state index in [1.165, 1.54) is 0 Å². The fraction of sp³-hybridized carbons (Fsp3) is 0.529. The third kappa shape index (κ3) is 5.58. The molecule has 0 radical (unpaired) electrons. The van der Waals surface area contributed by atoms with Gasteiger partial charge in [0.1, 0.15) is 0 Å². The number of carbonyl (C=O) groups is 2. The summed E-state index contributed by atoms with van der Waals surface area (Å²) in [6, 6.07) is 5.74. The molecule has 2 N–H and O–H groups in total. The van der Waals surface area contributed by atoms with Crippen LogP contribution >= 0.6 is 0 Å². The summed E-state index contributed by atoms with van der Waals surface area (Å²) in [7, 11) is 0. The van der Waals surface area contributed by atoms with Crippen molar-refractivity contribution in [2.45, 2.75) is 40.5 Å². The molecule has 0 saturated carbocycles. The molecule has 4 nitrogen and oxygen atoms in total. The molecule has 0 aliphatic carbocycles. The highest BCUT2D eigenvalue weighted by molar-refractivity contribution is 5.97. The molecule has 4 heteroatoms. The Kier molecular flexibility index (Phi) is 6.40. The quantitative estimate of drug-likeness (QED) is 0.811. The third-order valence-electron chi connectivity index (χ3n) is 3.53. The molecular formula is C17H25NO3. The van der Waals surface area contributed by atoms with Crippen molar-refractivity contribution in [3.05, 3.63) is 34.9 Å². The lowest BCUT2D eigenvalue weighted by Gasteiger charge is -2.18. The van der Waals surface area contributed by atoms with E-state index < -0.39 is 5.97 Å². The van der Waals surface area contributed by atoms with E-state index in [9.17, 15) is 9.59 Å². The van der Waals surface area contributed by atoms with Crippen LogP contribution in [0.2, 0.25) is 0 Å². The normalized spacial score (nSPS) is 12.2. The first-order valence-corrected chi connectivity index (χ1v) is 7.37. The Morgan fingerprint density at radius 1 is 1.19 bits per heavy atom. The highest BCUT2D eigenvalue weighted by Crippen LogP contribution is 2.16. The molecular weight excluding hydrogens is 266 g/mol. The molecule has 1 aromatic rings. The number of carbonyl (C=O) groups excluding carboxylic acids is 1. The molecule has 116 valence electrons. The Labute approximate surface area is 126 Å². The molecule has 0 bridgehead atoms. The van der Waals surface area contributed by atoms with Gasteiger partial charge in [0.15, 0.2) is 0 Å². The minimum atomic E-state index is -0.818. The number of benzene rings is 1. The van der Waals surface area contributed by atoms with Crippen molar-refractivity contribution >= 4 is 11.9 Å². The highest BCUT2D eigenvalue weighted by atomic mass is 16.4. The summed E-state index contributed by atoms with van der Waals surface area (Å²) in [6.07, 6.45) is 0.880. The molecule has 0 spiro atoms. The monoisotopic (exact) mass is 291 g/mol. The molecule has 0 fully saturated rings. The summed E-state index contributed by atoms with van der Waals surface area (Å²) in [6.45, 7) is 8.33. The Morgan fingerprint density at radius 2 is 1.76 bits per heavy atom. The SMILES string of the molecule is Cc1cccc(C)c1C(=O)NCC(CC(=O)O)CC(C)C. The van der Waals surface area contributed by atoms with E-state index in [0.29, 0.717) is 18.0 Å². The molecule has 0 saturated heterocycles. The fourth-order valence-electron chi connectivity index (χ4n) is 2.65. The largest absolute Gasteiger partial charge is 0.481 e. The number of hydrogen-bond donors (Lipinski definition) is 2. The van der Waals surface area contributed by atoms with Gasteiger partial charge in [-0.1, -0.05) is 32.0 Å². The van der Waals surface area contributed by atoms with E-state index in [1.807, 2.05) is 32.0 Å². The zero-order valence-electron chi connectivity index (χ0n) is 13.3. The molecule has 0 aromatic heterocycles. The number of carboxylic acids is 1. The first-order valence-electron chi connectivity index (χ1n) is 7.37. The van der Waals surface area contributed by atoms with Gasteiger partial charge in [-0.05, 0) is 43.2 Å². The molecule has 1 aromatic carbocycles. The van der Waals surface area contributed by atoms with Gasteiger partial charge in [-0.2, -0.15) is 0 Å². The van der Waals surface area contributed by atoms with Crippen LogP contribution in [-0.2, 0) is 4.79 Å². The van der Waals surface area contributed by atoms with Gasteiger partial charge in [-0.3, -0.25) is 9.59 Å². The number of nitrogens with one attached hydrogen (secondary N) is 1. The smallest absolute Gasteiger partial charge is 0.303 e. The predicted octanol–water partition coefficient (Wildman–Crippen LogP) is 3.17. The number of aryl methyl sites for hydroxylation is 2. The molecule has 1 atom stereocenters. The number of aliphatic carboxylic acids is 1. The van der Waals surface area contributed by atoms with Crippen LogP contribution in [0.15, 0.2) is 18.2 Å². The minimum Gasteiger partial charge on any atom is -0.481 e. The summed E-state index contributed by atoms with van der Waals surface area (Å²) < 4.78 is 0. The maximum absolute atomic E-state index is 12.3. The fourth-order valence-corrected chi connectivity index (χ4v) is 2.65. The summed E-state index contributed by atoms with van der Waals surface area (Å²) in [5.74, 6) is -0.561. The average Bonchev–Trinajstić information content (AvgIpc) is 2.34. The van der Waals surface area contributed by atoms with Crippen molar-refractivity contribution in [3.63, 3.8) is 0 Å². The summed E-state index contributed by atoms with van der Waals surface area (Å²) >= 11 is 0. The first-order chi connectivity index (χ1) is 9.81. The van der Waals surface area contributed by atoms with E-state index in [0.717, 1.165) is 17.5 Å². The van der Waals surface area contributed by atoms with Crippen molar-refractivity contribution in [2.24, 2.45) is 11.8 Å². The second-order valence-electron chi connectivity index (χ2n) is 6.07. The third-order valence-corrected chi connectivity index (χ3v) is 3.53. The molecule has 1 rings (SSSR count). The van der Waals surface area contributed by atoms with Crippen molar-refractivity contribution in [3.8, 4) is 0 Å². The minimum absolute atomic E-state index is 0.0317. The van der Waals surface area contributed by atoms with Crippen LogP contribution in [0.4, 0.5) is 0 Å². The van der Waals surface area contributed by atoms with E-state index in [4.69, 9.17) is 5.11 Å². The van der Waals surface area contributed by atoms with Crippen LogP contribution in [-0.4, -0.2) is 23.5 Å². The zero-order valence-corrected chi connectivity index (χ0v) is 13.3. The van der Waals surface area contributed by atoms with Gasteiger partial charge in [0.05, 0.1) is 0 Å². The van der Waals surface area contributed by atoms with E-state index in [1.54, 1.807) is 0 Å². The molecule has 0 heterocycles. The second-order valence-corrected chi connectivity index (χ2v) is 6.07. The maximum Gasteiger partial charge on any atom is 0.303 e. The maximum atomic E-state index is 12.3. The van der Waals surface area contributed by atoms with Crippen molar-refractivity contribution in [1.29, 1.82) is 0 Å². The van der Waals surface area contributed by atoms with Gasteiger partial charge < -0.3 is 10.4 Å². The average molecular weight is 291 g/mol. The van der Waals surface area contributed by atoms with Gasteiger partial charge in [0.2, 0.25) is 0 Å². The second kappa shape index (κ2) is 7.81. The Hall–Kier alpha value is -1.84. The summed E-state index contributed by atoms with van der Waals surface area (Å²) in [5, 5.41) is 11.8. The predicted molar refractivity (Wildman–Crippen MR) is 83.4 cm³/mol. The van der Waals surface area contributed by atoms with Gasteiger partial charge >= 0.3 is 5.97 Å². The number of carboxylic acid groups (broad SMARTS) is 1. The molecule has 1 amide bonds. The lowest BCUT2D eigenvalue weighted by molar-refractivity contribution is -0.138. The van der Waals surface area contributed by atoms with Gasteiger partial charge in [0, 0.05) is 18.5 Å². The van der Waals surface area contributed by atoms with E-state index >= 15 is 0 Å². The van der Waals surface area contributed by atoms with Gasteiger partial charge in [0.25, 0.3) is 5.91 Å². The molecule has 0 aliphatic heterocycles. The summed E-state index contributed by atoms with van der Waals surface area (Å²) in [5.41, 5.74) is 2.56. The van der Waals surface area contributed by atoms with Crippen molar-refractivity contribution < 1.29 is 14.7 Å². The summed E-state index contributed by atoms with van der Waals surface area (Å²) in [4.78, 5) is 23.2. The molecule has 21 heavy (non-hydrogen) atoms. The van der Waals surface area contributed by atoms with Crippen LogP contribution in [0, 0.1) is 25.7 Å². The standard InChI is InChI=1S/C17H25NO3/c1-11(2)8-14(9-15(19)20)10-18-17(21)16-12(3)6-5-7-13(16)4/h5-7,11,14H,8-10H2,1-4H3,(H,18,21)(H,19,20). The number of amides is 1. The first kappa shape index (κ1) is 17.2. The van der Waals surface area contributed by atoms with Gasteiger partial charge in [-0.15, -0.1) is 0 Å². The van der Waals surface area contributed by atoms with Crippen LogP contribution in [0.25, 0.3) is 0 Å². The van der Waals surface area contributed by atoms with Crippen LogP contribution in [0.5, 0.6) is 0 Å².